The number of carbonyl (C=O) groups is 3. The molecule has 1 spiro atoms. The molecule has 1 saturated carbocycles. The highest BCUT2D eigenvalue weighted by molar-refractivity contribution is 5.96. The lowest BCUT2D eigenvalue weighted by atomic mass is 9.62. The zero-order valence-electron chi connectivity index (χ0n) is 31.7. The van der Waals surface area contributed by atoms with Gasteiger partial charge in [0.15, 0.2) is 18.1 Å². The van der Waals surface area contributed by atoms with Crippen LogP contribution < -0.4 is 5.32 Å². The van der Waals surface area contributed by atoms with Crippen molar-refractivity contribution in [2.45, 2.75) is 112 Å². The van der Waals surface area contributed by atoms with Crippen molar-refractivity contribution in [1.29, 1.82) is 0 Å². The maximum absolute atomic E-state index is 15.3. The van der Waals surface area contributed by atoms with Gasteiger partial charge in [-0.25, -0.2) is 0 Å². The van der Waals surface area contributed by atoms with E-state index in [-0.39, 0.29) is 44.5 Å². The van der Waals surface area contributed by atoms with E-state index < -0.39 is 91.0 Å². The molecule has 5 saturated heterocycles. The van der Waals surface area contributed by atoms with E-state index in [1.807, 2.05) is 48.5 Å². The van der Waals surface area contributed by atoms with Crippen LogP contribution in [0.2, 0.25) is 0 Å². The van der Waals surface area contributed by atoms with Crippen LogP contribution in [0.5, 0.6) is 0 Å². The Hall–Kier alpha value is -3.85. The number of ether oxygens (including phenoxy) is 5. The van der Waals surface area contributed by atoms with E-state index in [4.69, 9.17) is 28.5 Å². The average Bonchev–Trinajstić information content (AvgIpc) is 4.02. The number of nitrogens with one attached hydrogen (secondary N) is 1. The monoisotopic (exact) mass is 807 g/mol. The second-order valence-corrected chi connectivity index (χ2v) is 16.2. The molecule has 5 heterocycles. The number of benzene rings is 2. The lowest BCUT2D eigenvalue weighted by Gasteiger charge is -2.50. The topological polar surface area (TPSA) is 226 Å². The quantitative estimate of drug-likeness (QED) is 0.145. The largest absolute Gasteiger partial charge is 0.458 e. The number of hydrogen-bond donors (Lipinski definition) is 6. The first-order chi connectivity index (χ1) is 28.1. The first-order valence-corrected chi connectivity index (χ1v) is 20.0. The Kier molecular flexibility index (Phi) is 10.7. The van der Waals surface area contributed by atoms with Crippen LogP contribution in [0.4, 0.5) is 0 Å². The van der Waals surface area contributed by atoms with E-state index in [1.165, 1.54) is 5.06 Å². The SMILES string of the molecule is O=C(NCCO)C1CCCN1C(=O)C12CC3OC(=O)C1N(Cc1ccccc1C=CCOC1OC(CO)C(O)C(O)C1O)OC2C1OC2(Cc4ccccc4C2)OC31. The lowest BCUT2D eigenvalue weighted by Crippen LogP contribution is -2.70. The standard InChI is InChI=1S/C41H49N3O14/c45-15-13-42-36(50)26-12-5-14-43(26)39(52)41-19-27-32-33(57-40(56-32)17-23-8-2-3-9-24(23)18-40)35(41)58-44(34(41)37(51)54-27)20-25-10-4-1-7-22(25)11-6-16-53-38-31(49)30(48)29(47)28(21-46)55-38/h1-4,6-11,26-35,38,45-49H,5,12-21H2,(H,42,50). The van der Waals surface area contributed by atoms with Gasteiger partial charge in [-0.15, -0.1) is 0 Å². The Morgan fingerprint density at radius 2 is 1.71 bits per heavy atom. The van der Waals surface area contributed by atoms with Gasteiger partial charge >= 0.3 is 5.97 Å². The normalized spacial score (nSPS) is 37.3. The highest BCUT2D eigenvalue weighted by atomic mass is 16.8. The second-order valence-electron chi connectivity index (χ2n) is 16.2. The Morgan fingerprint density at radius 1 is 0.966 bits per heavy atom. The Balaban J connectivity index is 1.00. The van der Waals surface area contributed by atoms with Crippen LogP contribution in [0.15, 0.2) is 54.6 Å². The number of hydrogen-bond acceptors (Lipinski definition) is 15. The van der Waals surface area contributed by atoms with Crippen molar-refractivity contribution in [3.05, 3.63) is 76.9 Å². The maximum Gasteiger partial charge on any atom is 0.327 e. The van der Waals surface area contributed by atoms with Crippen molar-refractivity contribution in [1.82, 2.24) is 15.3 Å². The molecule has 0 radical (unpaired) electrons. The second kappa shape index (κ2) is 15.6. The van der Waals surface area contributed by atoms with E-state index in [0.717, 1.165) is 22.3 Å². The van der Waals surface area contributed by atoms with Gasteiger partial charge in [-0.1, -0.05) is 60.7 Å². The molecule has 9 rings (SSSR count). The molecule has 6 N–H and O–H groups in total. The van der Waals surface area contributed by atoms with Gasteiger partial charge in [0.1, 0.15) is 60.3 Å². The molecule has 2 aromatic rings. The Bertz CT molecular complexity index is 1900. The van der Waals surface area contributed by atoms with Crippen molar-refractivity contribution in [3.8, 4) is 0 Å². The van der Waals surface area contributed by atoms with Crippen molar-refractivity contribution in [3.63, 3.8) is 0 Å². The molecule has 12 unspecified atom stereocenters. The summed E-state index contributed by atoms with van der Waals surface area (Å²) in [5.41, 5.74) is 2.16. The van der Waals surface area contributed by atoms with Crippen LogP contribution >= 0.6 is 0 Å². The van der Waals surface area contributed by atoms with E-state index in [9.17, 15) is 35.1 Å². The number of nitrogens with zero attached hydrogens (tertiary/aromatic N) is 2. The van der Waals surface area contributed by atoms with E-state index in [1.54, 1.807) is 17.1 Å². The lowest BCUT2D eigenvalue weighted by molar-refractivity contribution is -0.298. The fourth-order valence-corrected chi connectivity index (χ4v) is 10.1. The summed E-state index contributed by atoms with van der Waals surface area (Å²) in [6.45, 7) is -0.483. The predicted molar refractivity (Wildman–Crippen MR) is 197 cm³/mol. The summed E-state index contributed by atoms with van der Waals surface area (Å²) < 4.78 is 30.9. The number of hydroxylamine groups is 2. The molecular formula is C41H49N3O14. The fourth-order valence-electron chi connectivity index (χ4n) is 10.1. The van der Waals surface area contributed by atoms with Gasteiger partial charge in [0.05, 0.1) is 26.4 Å². The Morgan fingerprint density at radius 3 is 2.47 bits per heavy atom. The van der Waals surface area contributed by atoms with Crippen LogP contribution in [-0.2, 0) is 62.3 Å². The molecule has 6 fully saturated rings. The zero-order chi connectivity index (χ0) is 40.3. The highest BCUT2D eigenvalue weighted by Crippen LogP contribution is 2.59. The van der Waals surface area contributed by atoms with Crippen LogP contribution in [0.25, 0.3) is 6.08 Å². The highest BCUT2D eigenvalue weighted by Gasteiger charge is 2.77. The van der Waals surface area contributed by atoms with E-state index in [0.29, 0.717) is 32.2 Å². The summed E-state index contributed by atoms with van der Waals surface area (Å²) >= 11 is 0. The van der Waals surface area contributed by atoms with Gasteiger partial charge < -0.3 is 59.4 Å². The number of rotatable bonds is 11. The summed E-state index contributed by atoms with van der Waals surface area (Å²) in [4.78, 5) is 51.3. The van der Waals surface area contributed by atoms with Gasteiger partial charge in [-0.2, -0.15) is 5.06 Å². The molecular weight excluding hydrogens is 758 g/mol. The van der Waals surface area contributed by atoms with Gasteiger partial charge in [0.25, 0.3) is 0 Å². The fraction of sp³-hybridized carbons (Fsp3) is 0.585. The molecule has 2 aromatic carbocycles. The molecule has 17 nitrogen and oxygen atoms in total. The first kappa shape index (κ1) is 39.6. The van der Waals surface area contributed by atoms with Crippen LogP contribution in [0.3, 0.4) is 0 Å². The third-order valence-corrected chi connectivity index (χ3v) is 12.8. The molecule has 2 amide bonds. The van der Waals surface area contributed by atoms with Crippen molar-refractivity contribution in [2.75, 3.05) is 32.9 Å². The minimum atomic E-state index is -1.57. The minimum Gasteiger partial charge on any atom is -0.458 e. The molecule has 58 heavy (non-hydrogen) atoms. The van der Waals surface area contributed by atoms with Crippen LogP contribution in [-0.4, -0.2) is 159 Å². The summed E-state index contributed by atoms with van der Waals surface area (Å²) in [5, 5.41) is 53.7. The average molecular weight is 808 g/mol. The molecule has 312 valence electrons. The zero-order valence-corrected chi connectivity index (χ0v) is 31.7. The van der Waals surface area contributed by atoms with Crippen LogP contribution in [0.1, 0.15) is 41.5 Å². The predicted octanol–water partition coefficient (Wildman–Crippen LogP) is -1.31. The number of aliphatic hydroxyl groups is 5. The molecule has 5 aliphatic heterocycles. The van der Waals surface area contributed by atoms with Gasteiger partial charge in [-0.05, 0) is 35.1 Å². The first-order valence-electron chi connectivity index (χ1n) is 20.0. The maximum atomic E-state index is 15.3. The number of fused-ring (bicyclic) bond motifs is 5. The molecule has 17 heteroatoms. The van der Waals surface area contributed by atoms with Gasteiger partial charge in [0, 0.05) is 32.4 Å². The summed E-state index contributed by atoms with van der Waals surface area (Å²) in [5.74, 6) is -2.42. The number of aliphatic hydroxyl groups excluding tert-OH is 5. The molecule has 0 aromatic heterocycles. The smallest absolute Gasteiger partial charge is 0.327 e. The summed E-state index contributed by atoms with van der Waals surface area (Å²) in [7, 11) is 0. The number of amides is 2. The van der Waals surface area contributed by atoms with E-state index in [2.05, 4.69) is 5.32 Å². The summed E-state index contributed by atoms with van der Waals surface area (Å²) in [6, 6.07) is 13.4. The Labute approximate surface area is 334 Å². The molecule has 2 aliphatic carbocycles. The van der Waals surface area contributed by atoms with Crippen molar-refractivity contribution < 1.29 is 68.4 Å². The molecule has 2 bridgehead atoms. The molecule has 7 aliphatic rings. The third kappa shape index (κ3) is 6.57. The van der Waals surface area contributed by atoms with E-state index >= 15 is 4.79 Å². The van der Waals surface area contributed by atoms with Crippen molar-refractivity contribution >= 4 is 23.9 Å². The number of esters is 1. The van der Waals surface area contributed by atoms with Crippen LogP contribution in [0, 0.1) is 5.41 Å². The minimum absolute atomic E-state index is 0.0478. The molecule has 12 atom stereocenters. The van der Waals surface area contributed by atoms with Gasteiger partial charge in [-0.3, -0.25) is 19.2 Å². The third-order valence-electron chi connectivity index (χ3n) is 12.8. The number of likely N-dealkylation sites (tertiary alicyclic amines) is 1. The van der Waals surface area contributed by atoms with Gasteiger partial charge in [0.2, 0.25) is 11.8 Å². The number of carbonyl (C=O) groups excluding carboxylic acids is 3. The van der Waals surface area contributed by atoms with Crippen molar-refractivity contribution in [2.24, 2.45) is 5.41 Å². The summed E-state index contributed by atoms with van der Waals surface area (Å²) in [6.07, 6.45) is -4.75.